The molecule has 1 N–H and O–H groups in total. The monoisotopic (exact) mass is 327 g/mol. The standard InChI is InChI=1S/C12H14BrN3OS/c1-12(4-6-14-7-5-12)11-15-10(16-17-11)8-2-3-9(13)18-8/h2-3,14H,4-7H2,1H3. The third-order valence-corrected chi connectivity index (χ3v) is 5.06. The van der Waals surface area contributed by atoms with Gasteiger partial charge in [-0.15, -0.1) is 11.3 Å². The molecule has 2 aromatic heterocycles. The molecular weight excluding hydrogens is 314 g/mol. The van der Waals surface area contributed by atoms with Crippen molar-refractivity contribution in [1.82, 2.24) is 15.5 Å². The molecule has 1 aliphatic heterocycles. The van der Waals surface area contributed by atoms with Crippen molar-refractivity contribution >= 4 is 27.3 Å². The zero-order valence-corrected chi connectivity index (χ0v) is 12.5. The SMILES string of the molecule is CC1(c2nc(-c3ccc(Br)s3)no2)CCNCC1. The van der Waals surface area contributed by atoms with Crippen LogP contribution in [0.5, 0.6) is 0 Å². The lowest BCUT2D eigenvalue weighted by atomic mass is 9.81. The highest BCUT2D eigenvalue weighted by Crippen LogP contribution is 2.34. The van der Waals surface area contributed by atoms with E-state index in [0.29, 0.717) is 5.82 Å². The van der Waals surface area contributed by atoms with Crippen LogP contribution in [0.1, 0.15) is 25.7 Å². The molecule has 0 aromatic carbocycles. The second-order valence-electron chi connectivity index (χ2n) is 4.84. The van der Waals surface area contributed by atoms with Crippen molar-refractivity contribution in [3.8, 4) is 10.7 Å². The number of thiophene rings is 1. The van der Waals surface area contributed by atoms with Gasteiger partial charge in [0.25, 0.3) is 0 Å². The summed E-state index contributed by atoms with van der Waals surface area (Å²) in [7, 11) is 0. The van der Waals surface area contributed by atoms with Crippen LogP contribution >= 0.6 is 27.3 Å². The van der Waals surface area contributed by atoms with Crippen LogP contribution in [0.4, 0.5) is 0 Å². The molecule has 3 heterocycles. The maximum absolute atomic E-state index is 5.47. The maximum Gasteiger partial charge on any atom is 0.233 e. The molecule has 0 radical (unpaired) electrons. The molecular formula is C12H14BrN3OS. The van der Waals surface area contributed by atoms with Crippen molar-refractivity contribution in [2.45, 2.75) is 25.2 Å². The Morgan fingerprint density at radius 1 is 1.39 bits per heavy atom. The summed E-state index contributed by atoms with van der Waals surface area (Å²) in [6.07, 6.45) is 2.09. The van der Waals surface area contributed by atoms with E-state index < -0.39 is 0 Å². The van der Waals surface area contributed by atoms with E-state index in [1.165, 1.54) is 0 Å². The molecule has 96 valence electrons. The summed E-state index contributed by atoms with van der Waals surface area (Å²) in [5.74, 6) is 1.46. The lowest BCUT2D eigenvalue weighted by Gasteiger charge is -2.30. The first-order chi connectivity index (χ1) is 8.67. The van der Waals surface area contributed by atoms with Crippen LogP contribution in [0.25, 0.3) is 10.7 Å². The van der Waals surface area contributed by atoms with E-state index in [2.05, 4.69) is 38.3 Å². The summed E-state index contributed by atoms with van der Waals surface area (Å²) in [6.45, 7) is 4.23. The second-order valence-corrected chi connectivity index (χ2v) is 7.30. The van der Waals surface area contributed by atoms with Crippen LogP contribution < -0.4 is 5.32 Å². The summed E-state index contributed by atoms with van der Waals surface area (Å²) in [5, 5.41) is 7.46. The summed E-state index contributed by atoms with van der Waals surface area (Å²) < 4.78 is 6.55. The molecule has 0 aliphatic carbocycles. The van der Waals surface area contributed by atoms with Crippen LogP contribution in [-0.4, -0.2) is 23.2 Å². The Labute approximate surface area is 118 Å². The molecule has 0 spiro atoms. The first kappa shape index (κ1) is 12.3. The van der Waals surface area contributed by atoms with Gasteiger partial charge in [-0.3, -0.25) is 0 Å². The normalized spacial score (nSPS) is 19.0. The van der Waals surface area contributed by atoms with Crippen molar-refractivity contribution < 1.29 is 4.52 Å². The van der Waals surface area contributed by atoms with E-state index in [4.69, 9.17) is 4.52 Å². The van der Waals surface area contributed by atoms with Crippen molar-refractivity contribution in [2.24, 2.45) is 0 Å². The molecule has 3 rings (SSSR count). The lowest BCUT2D eigenvalue weighted by molar-refractivity contribution is 0.241. The van der Waals surface area contributed by atoms with Crippen molar-refractivity contribution in [3.63, 3.8) is 0 Å². The molecule has 1 aliphatic rings. The van der Waals surface area contributed by atoms with Crippen LogP contribution in [0.15, 0.2) is 20.4 Å². The van der Waals surface area contributed by atoms with Gasteiger partial charge in [0.1, 0.15) is 0 Å². The van der Waals surface area contributed by atoms with Gasteiger partial charge in [0.15, 0.2) is 0 Å². The predicted molar refractivity (Wildman–Crippen MR) is 74.8 cm³/mol. The number of nitrogens with one attached hydrogen (secondary N) is 1. The maximum atomic E-state index is 5.47. The van der Waals surface area contributed by atoms with Gasteiger partial charge in [-0.05, 0) is 54.0 Å². The minimum Gasteiger partial charge on any atom is -0.338 e. The number of halogens is 1. The first-order valence-corrected chi connectivity index (χ1v) is 7.59. The van der Waals surface area contributed by atoms with Crippen LogP contribution in [0.2, 0.25) is 0 Å². The molecule has 0 atom stereocenters. The topological polar surface area (TPSA) is 51.0 Å². The van der Waals surface area contributed by atoms with Gasteiger partial charge in [-0.1, -0.05) is 12.1 Å². The average Bonchev–Trinajstić information content (AvgIpc) is 2.98. The van der Waals surface area contributed by atoms with Gasteiger partial charge in [0.05, 0.1) is 8.66 Å². The Bertz CT molecular complexity index is 545. The third-order valence-electron chi connectivity index (χ3n) is 3.44. The number of piperidine rings is 1. The van der Waals surface area contributed by atoms with Gasteiger partial charge in [0.2, 0.25) is 11.7 Å². The van der Waals surface area contributed by atoms with E-state index in [1.807, 2.05) is 12.1 Å². The summed E-state index contributed by atoms with van der Waals surface area (Å²) in [6, 6.07) is 4.01. The largest absolute Gasteiger partial charge is 0.338 e. The number of hydrogen-bond donors (Lipinski definition) is 1. The molecule has 0 saturated carbocycles. The fraction of sp³-hybridized carbons (Fsp3) is 0.500. The number of rotatable bonds is 2. The molecule has 4 nitrogen and oxygen atoms in total. The van der Waals surface area contributed by atoms with Crippen LogP contribution in [0.3, 0.4) is 0 Å². The van der Waals surface area contributed by atoms with E-state index in [-0.39, 0.29) is 5.41 Å². The van der Waals surface area contributed by atoms with Gasteiger partial charge in [-0.2, -0.15) is 4.98 Å². The van der Waals surface area contributed by atoms with Gasteiger partial charge in [0, 0.05) is 5.41 Å². The predicted octanol–water partition coefficient (Wildman–Crippen LogP) is 3.20. The number of hydrogen-bond acceptors (Lipinski definition) is 5. The highest BCUT2D eigenvalue weighted by atomic mass is 79.9. The zero-order chi connectivity index (χ0) is 12.6. The molecule has 0 amide bonds. The summed E-state index contributed by atoms with van der Waals surface area (Å²) >= 11 is 5.07. The Kier molecular flexibility index (Phi) is 3.25. The van der Waals surface area contributed by atoms with E-state index in [1.54, 1.807) is 11.3 Å². The second kappa shape index (κ2) is 4.75. The average molecular weight is 328 g/mol. The number of nitrogens with zero attached hydrogens (tertiary/aromatic N) is 2. The fourth-order valence-corrected chi connectivity index (χ4v) is 3.51. The minimum atomic E-state index is 0.0188. The molecule has 18 heavy (non-hydrogen) atoms. The summed E-state index contributed by atoms with van der Waals surface area (Å²) in [4.78, 5) is 5.61. The van der Waals surface area contributed by atoms with Gasteiger partial charge < -0.3 is 9.84 Å². The fourth-order valence-electron chi connectivity index (χ4n) is 2.20. The third kappa shape index (κ3) is 2.24. The Hall–Kier alpha value is -0.720. The van der Waals surface area contributed by atoms with Crippen molar-refractivity contribution in [2.75, 3.05) is 13.1 Å². The van der Waals surface area contributed by atoms with Crippen LogP contribution in [0, 0.1) is 0 Å². The van der Waals surface area contributed by atoms with Crippen LogP contribution in [-0.2, 0) is 5.41 Å². The molecule has 1 saturated heterocycles. The molecule has 2 aromatic rings. The Morgan fingerprint density at radius 2 is 2.17 bits per heavy atom. The van der Waals surface area contributed by atoms with E-state index in [9.17, 15) is 0 Å². The molecule has 1 fully saturated rings. The smallest absolute Gasteiger partial charge is 0.233 e. The summed E-state index contributed by atoms with van der Waals surface area (Å²) in [5.41, 5.74) is 0.0188. The quantitative estimate of drug-likeness (QED) is 0.920. The molecule has 6 heteroatoms. The van der Waals surface area contributed by atoms with Crippen molar-refractivity contribution in [3.05, 3.63) is 21.8 Å². The molecule has 0 unspecified atom stereocenters. The van der Waals surface area contributed by atoms with Gasteiger partial charge in [-0.25, -0.2) is 0 Å². The minimum absolute atomic E-state index is 0.0188. The van der Waals surface area contributed by atoms with E-state index >= 15 is 0 Å². The number of aromatic nitrogens is 2. The lowest BCUT2D eigenvalue weighted by Crippen LogP contribution is -2.37. The first-order valence-electron chi connectivity index (χ1n) is 5.98. The van der Waals surface area contributed by atoms with E-state index in [0.717, 1.165) is 40.5 Å². The Morgan fingerprint density at radius 3 is 2.83 bits per heavy atom. The van der Waals surface area contributed by atoms with Crippen molar-refractivity contribution in [1.29, 1.82) is 0 Å². The highest BCUT2D eigenvalue weighted by Gasteiger charge is 2.34. The highest BCUT2D eigenvalue weighted by molar-refractivity contribution is 9.11. The Balaban J connectivity index is 1.89. The van der Waals surface area contributed by atoms with Gasteiger partial charge >= 0.3 is 0 Å². The molecule has 0 bridgehead atoms. The zero-order valence-electron chi connectivity index (χ0n) is 10.1.